The molecular weight excluding hydrogens is 241 g/mol. The van der Waals surface area contributed by atoms with Crippen molar-refractivity contribution >= 4 is 5.96 Å². The third-order valence-electron chi connectivity index (χ3n) is 2.55. The van der Waals surface area contributed by atoms with E-state index in [0.29, 0.717) is 12.1 Å². The molecule has 0 bridgehead atoms. The average molecular weight is 263 g/mol. The number of nitrogens with one attached hydrogen (secondary N) is 2. The fourth-order valence-corrected chi connectivity index (χ4v) is 1.57. The first kappa shape index (κ1) is 15.2. The van der Waals surface area contributed by atoms with Gasteiger partial charge in [0.2, 0.25) is 0 Å². The largest absolute Gasteiger partial charge is 0.357 e. The summed E-state index contributed by atoms with van der Waals surface area (Å²) < 4.78 is 13.5. The summed E-state index contributed by atoms with van der Waals surface area (Å²) >= 11 is 0. The summed E-state index contributed by atoms with van der Waals surface area (Å²) in [5.74, 6) is 0.506. The Bertz CT molecular complexity index is 427. The van der Waals surface area contributed by atoms with Gasteiger partial charge in [0.15, 0.2) is 5.96 Å². The second kappa shape index (κ2) is 9.14. The van der Waals surface area contributed by atoms with Crippen molar-refractivity contribution in [1.29, 1.82) is 0 Å². The van der Waals surface area contributed by atoms with Gasteiger partial charge in [0, 0.05) is 18.7 Å². The van der Waals surface area contributed by atoms with Gasteiger partial charge in [-0.3, -0.25) is 0 Å². The topological polar surface area (TPSA) is 36.4 Å². The number of benzene rings is 1. The highest BCUT2D eigenvalue weighted by atomic mass is 19.1. The van der Waals surface area contributed by atoms with Gasteiger partial charge in [0.05, 0.1) is 6.54 Å². The van der Waals surface area contributed by atoms with E-state index < -0.39 is 0 Å². The van der Waals surface area contributed by atoms with E-state index in [1.807, 2.05) is 26.0 Å². The SMILES string of the molecule is CC=CCCNC(=NCc1ccccc1F)NCC. The number of rotatable bonds is 6. The molecule has 0 radical (unpaired) electrons. The minimum atomic E-state index is -0.212. The summed E-state index contributed by atoms with van der Waals surface area (Å²) in [5.41, 5.74) is 0.605. The van der Waals surface area contributed by atoms with Crippen molar-refractivity contribution in [3.8, 4) is 0 Å². The van der Waals surface area contributed by atoms with E-state index >= 15 is 0 Å². The lowest BCUT2D eigenvalue weighted by Gasteiger charge is -2.10. The first-order valence-electron chi connectivity index (χ1n) is 6.64. The van der Waals surface area contributed by atoms with Crippen LogP contribution in [0.1, 0.15) is 25.8 Å². The van der Waals surface area contributed by atoms with E-state index in [1.165, 1.54) is 6.07 Å². The Labute approximate surface area is 114 Å². The Morgan fingerprint density at radius 2 is 2.11 bits per heavy atom. The molecule has 2 N–H and O–H groups in total. The molecule has 0 amide bonds. The van der Waals surface area contributed by atoms with Gasteiger partial charge in [-0.1, -0.05) is 30.4 Å². The molecule has 0 saturated heterocycles. The van der Waals surface area contributed by atoms with Crippen molar-refractivity contribution in [3.05, 3.63) is 47.8 Å². The zero-order valence-electron chi connectivity index (χ0n) is 11.6. The second-order valence-electron chi connectivity index (χ2n) is 4.07. The maximum atomic E-state index is 13.5. The highest BCUT2D eigenvalue weighted by molar-refractivity contribution is 5.79. The molecule has 4 heteroatoms. The molecule has 104 valence electrons. The number of nitrogens with zero attached hydrogens (tertiary/aromatic N) is 1. The van der Waals surface area contributed by atoms with Crippen LogP contribution < -0.4 is 10.6 Å². The van der Waals surface area contributed by atoms with E-state index in [4.69, 9.17) is 0 Å². The van der Waals surface area contributed by atoms with E-state index in [2.05, 4.69) is 21.7 Å². The lowest BCUT2D eigenvalue weighted by molar-refractivity contribution is 0.610. The quantitative estimate of drug-likeness (QED) is 0.358. The molecule has 0 heterocycles. The van der Waals surface area contributed by atoms with Crippen molar-refractivity contribution in [2.75, 3.05) is 13.1 Å². The van der Waals surface area contributed by atoms with Gasteiger partial charge in [-0.15, -0.1) is 0 Å². The van der Waals surface area contributed by atoms with Gasteiger partial charge < -0.3 is 10.6 Å². The van der Waals surface area contributed by atoms with Crippen LogP contribution in [0, 0.1) is 5.82 Å². The predicted octanol–water partition coefficient (Wildman–Crippen LogP) is 2.85. The molecule has 0 unspecified atom stereocenters. The smallest absolute Gasteiger partial charge is 0.191 e. The molecular formula is C15H22FN3. The normalized spacial score (nSPS) is 11.8. The van der Waals surface area contributed by atoms with Crippen LogP contribution in [0.3, 0.4) is 0 Å². The number of guanidine groups is 1. The van der Waals surface area contributed by atoms with E-state index in [-0.39, 0.29) is 5.82 Å². The van der Waals surface area contributed by atoms with Gasteiger partial charge in [0.1, 0.15) is 5.82 Å². The third-order valence-corrected chi connectivity index (χ3v) is 2.55. The number of allylic oxidation sites excluding steroid dienone is 1. The van der Waals surface area contributed by atoms with Crippen LogP contribution in [0.4, 0.5) is 4.39 Å². The van der Waals surface area contributed by atoms with Crippen LogP contribution in [0.25, 0.3) is 0 Å². The summed E-state index contributed by atoms with van der Waals surface area (Å²) in [6.45, 7) is 5.94. The Kier molecular flexibility index (Phi) is 7.32. The molecule has 0 aromatic heterocycles. The highest BCUT2D eigenvalue weighted by Gasteiger charge is 2.00. The van der Waals surface area contributed by atoms with Crippen LogP contribution in [0.15, 0.2) is 41.4 Å². The molecule has 1 aromatic rings. The van der Waals surface area contributed by atoms with Gasteiger partial charge in [-0.05, 0) is 26.3 Å². The molecule has 0 aliphatic heterocycles. The molecule has 1 rings (SSSR count). The van der Waals surface area contributed by atoms with Gasteiger partial charge in [-0.2, -0.15) is 0 Å². The Hall–Kier alpha value is -1.84. The fourth-order valence-electron chi connectivity index (χ4n) is 1.57. The van der Waals surface area contributed by atoms with Gasteiger partial charge >= 0.3 is 0 Å². The van der Waals surface area contributed by atoms with E-state index in [9.17, 15) is 4.39 Å². The number of halogens is 1. The number of hydrogen-bond acceptors (Lipinski definition) is 1. The molecule has 0 saturated carbocycles. The van der Waals surface area contributed by atoms with E-state index in [1.54, 1.807) is 12.1 Å². The molecule has 0 spiro atoms. The minimum absolute atomic E-state index is 0.212. The average Bonchev–Trinajstić information content (AvgIpc) is 2.42. The molecule has 0 fully saturated rings. The maximum absolute atomic E-state index is 13.5. The second-order valence-corrected chi connectivity index (χ2v) is 4.07. The Balaban J connectivity index is 2.55. The Morgan fingerprint density at radius 3 is 2.79 bits per heavy atom. The van der Waals surface area contributed by atoms with Crippen LogP contribution in [-0.4, -0.2) is 19.0 Å². The van der Waals surface area contributed by atoms with Crippen molar-refractivity contribution in [2.24, 2.45) is 4.99 Å². The van der Waals surface area contributed by atoms with Gasteiger partial charge in [-0.25, -0.2) is 9.38 Å². The first-order chi connectivity index (χ1) is 9.27. The van der Waals surface area contributed by atoms with Crippen LogP contribution in [-0.2, 0) is 6.54 Å². The van der Waals surface area contributed by atoms with Crippen LogP contribution in [0.2, 0.25) is 0 Å². The van der Waals surface area contributed by atoms with Crippen molar-refractivity contribution in [3.63, 3.8) is 0 Å². The molecule has 1 aromatic carbocycles. The van der Waals surface area contributed by atoms with Crippen molar-refractivity contribution in [2.45, 2.75) is 26.8 Å². The standard InChI is InChI=1S/C15H22FN3/c1-3-5-8-11-18-15(17-4-2)19-12-13-9-6-7-10-14(13)16/h3,5-7,9-10H,4,8,11-12H2,1-2H3,(H2,17,18,19). The van der Waals surface area contributed by atoms with Crippen LogP contribution in [0.5, 0.6) is 0 Å². The predicted molar refractivity (Wildman–Crippen MR) is 78.6 cm³/mol. The summed E-state index contributed by atoms with van der Waals surface area (Å²) in [7, 11) is 0. The zero-order chi connectivity index (χ0) is 13.9. The number of aliphatic imine (C=N–C) groups is 1. The maximum Gasteiger partial charge on any atom is 0.191 e. The van der Waals surface area contributed by atoms with E-state index in [0.717, 1.165) is 25.5 Å². The molecule has 0 atom stereocenters. The summed E-state index contributed by atoms with van der Waals surface area (Å²) in [6, 6.07) is 6.71. The molecule has 0 aliphatic carbocycles. The Morgan fingerprint density at radius 1 is 1.32 bits per heavy atom. The highest BCUT2D eigenvalue weighted by Crippen LogP contribution is 2.07. The molecule has 3 nitrogen and oxygen atoms in total. The van der Waals surface area contributed by atoms with Crippen molar-refractivity contribution < 1.29 is 4.39 Å². The van der Waals surface area contributed by atoms with Crippen LogP contribution >= 0.6 is 0 Å². The zero-order valence-corrected chi connectivity index (χ0v) is 11.6. The van der Waals surface area contributed by atoms with Gasteiger partial charge in [0.25, 0.3) is 0 Å². The fraction of sp³-hybridized carbons (Fsp3) is 0.400. The molecule has 0 aliphatic rings. The summed E-state index contributed by atoms with van der Waals surface area (Å²) in [6.07, 6.45) is 5.05. The lowest BCUT2D eigenvalue weighted by Crippen LogP contribution is -2.37. The summed E-state index contributed by atoms with van der Waals surface area (Å²) in [5, 5.41) is 6.35. The monoisotopic (exact) mass is 263 g/mol. The third kappa shape index (κ3) is 6.04. The van der Waals surface area contributed by atoms with Crippen molar-refractivity contribution in [1.82, 2.24) is 10.6 Å². The molecule has 19 heavy (non-hydrogen) atoms. The first-order valence-corrected chi connectivity index (χ1v) is 6.64. The number of hydrogen-bond donors (Lipinski definition) is 2. The summed E-state index contributed by atoms with van der Waals surface area (Å²) in [4.78, 5) is 4.37. The minimum Gasteiger partial charge on any atom is -0.357 e. The lowest BCUT2D eigenvalue weighted by atomic mass is 10.2.